The highest BCUT2D eigenvalue weighted by atomic mass is 31.2. The molecule has 1 aliphatic rings. The van der Waals surface area contributed by atoms with Crippen LogP contribution >= 0.6 is 7.60 Å². The molecule has 1 fully saturated rings. The zero-order chi connectivity index (χ0) is 30.9. The number of nitrogen functional groups attached to an aromatic ring is 1. The lowest BCUT2D eigenvalue weighted by Crippen LogP contribution is -2.30. The van der Waals surface area contributed by atoms with Gasteiger partial charge in [-0.05, 0) is 19.3 Å². The third-order valence-corrected chi connectivity index (χ3v) is 9.45. The van der Waals surface area contributed by atoms with Crippen molar-refractivity contribution in [1.29, 1.82) is 0 Å². The topological polar surface area (TPSA) is 164 Å². The van der Waals surface area contributed by atoms with Gasteiger partial charge in [0.25, 0.3) is 0 Å². The molecule has 12 nitrogen and oxygen atoms in total. The van der Waals surface area contributed by atoms with E-state index in [9.17, 15) is 14.6 Å². The molecular formula is C30H54N5O7P. The fourth-order valence-electron chi connectivity index (χ4n) is 5.49. The highest BCUT2D eigenvalue weighted by Gasteiger charge is 2.37. The maximum Gasteiger partial charge on any atom is 0.333 e. The Morgan fingerprint density at radius 3 is 2.26 bits per heavy atom. The van der Waals surface area contributed by atoms with Crippen molar-refractivity contribution >= 4 is 24.6 Å². The van der Waals surface area contributed by atoms with Crippen molar-refractivity contribution in [3.8, 4) is 0 Å². The van der Waals surface area contributed by atoms with Crippen LogP contribution in [0.2, 0.25) is 0 Å². The molecule has 3 unspecified atom stereocenters. The van der Waals surface area contributed by atoms with Crippen LogP contribution in [0.4, 0.5) is 5.82 Å². The van der Waals surface area contributed by atoms with Gasteiger partial charge in [-0.2, -0.15) is 0 Å². The molecule has 5 atom stereocenters. The van der Waals surface area contributed by atoms with Crippen molar-refractivity contribution in [2.75, 3.05) is 32.2 Å². The summed E-state index contributed by atoms with van der Waals surface area (Å²) < 4.78 is 36.7. The van der Waals surface area contributed by atoms with E-state index < -0.39 is 32.3 Å². The first-order valence-corrected chi connectivity index (χ1v) is 18.0. The van der Waals surface area contributed by atoms with Crippen molar-refractivity contribution < 1.29 is 33.3 Å². The number of aliphatic hydroxyl groups is 1. The average molecular weight is 628 g/mol. The number of aliphatic hydroxyl groups excluding tert-OH is 1. The van der Waals surface area contributed by atoms with Gasteiger partial charge in [0.15, 0.2) is 17.8 Å². The monoisotopic (exact) mass is 627 g/mol. The number of imidazole rings is 1. The molecule has 246 valence electrons. The van der Waals surface area contributed by atoms with Crippen molar-refractivity contribution in [2.45, 2.75) is 134 Å². The predicted octanol–water partition coefficient (Wildman–Crippen LogP) is 6.12. The van der Waals surface area contributed by atoms with Crippen molar-refractivity contribution in [3.05, 3.63) is 12.7 Å². The molecule has 1 aliphatic heterocycles. The number of hydrogen-bond donors (Lipinski definition) is 3. The Kier molecular flexibility index (Phi) is 16.4. The molecule has 2 aromatic heterocycles. The van der Waals surface area contributed by atoms with E-state index in [2.05, 4.69) is 21.9 Å². The van der Waals surface area contributed by atoms with Crippen LogP contribution < -0.4 is 5.73 Å². The number of unbranched alkanes of at least 4 members (excludes halogenated alkanes) is 13. The maximum absolute atomic E-state index is 12.8. The van der Waals surface area contributed by atoms with E-state index in [-0.39, 0.29) is 18.6 Å². The van der Waals surface area contributed by atoms with E-state index >= 15 is 0 Å². The molecule has 0 aliphatic carbocycles. The minimum absolute atomic E-state index is 0.180. The first kappa shape index (κ1) is 35.8. The van der Waals surface area contributed by atoms with E-state index in [1.54, 1.807) is 10.9 Å². The summed E-state index contributed by atoms with van der Waals surface area (Å²) in [6.07, 6.45) is 18.2. The Hall–Kier alpha value is -1.66. The first-order chi connectivity index (χ1) is 20.8. The highest BCUT2D eigenvalue weighted by molar-refractivity contribution is 7.52. The Balaban J connectivity index is 1.23. The molecule has 0 spiro atoms. The summed E-state index contributed by atoms with van der Waals surface area (Å²) in [4.78, 5) is 22.8. The molecule has 0 amide bonds. The fourth-order valence-corrected chi connectivity index (χ4v) is 6.81. The van der Waals surface area contributed by atoms with Crippen LogP contribution in [0.25, 0.3) is 11.2 Å². The van der Waals surface area contributed by atoms with Gasteiger partial charge in [0.2, 0.25) is 0 Å². The molecule has 0 aromatic carbocycles. The number of rotatable bonds is 24. The van der Waals surface area contributed by atoms with Crippen LogP contribution in [0.1, 0.15) is 116 Å². The summed E-state index contributed by atoms with van der Waals surface area (Å²) in [6.45, 7) is 3.02. The number of fused-ring (bicyclic) bond motifs is 1. The molecule has 3 rings (SSSR count). The number of ether oxygens (including phenoxy) is 3. The minimum Gasteiger partial charge on any atom is -0.382 e. The second kappa shape index (κ2) is 19.7. The number of aromatic nitrogens is 4. The van der Waals surface area contributed by atoms with Crippen molar-refractivity contribution in [1.82, 2.24) is 19.5 Å². The van der Waals surface area contributed by atoms with Gasteiger partial charge in [0.1, 0.15) is 24.2 Å². The lowest BCUT2D eigenvalue weighted by atomic mass is 10.0. The van der Waals surface area contributed by atoms with E-state index in [4.69, 9.17) is 24.5 Å². The summed E-state index contributed by atoms with van der Waals surface area (Å²) >= 11 is 0. The van der Waals surface area contributed by atoms with Crippen LogP contribution in [0.5, 0.6) is 0 Å². The number of methoxy groups -OCH3 is 1. The third-order valence-electron chi connectivity index (χ3n) is 8.03. The molecule has 1 saturated heterocycles. The van der Waals surface area contributed by atoms with Gasteiger partial charge in [0, 0.05) is 13.7 Å². The van der Waals surface area contributed by atoms with Crippen molar-refractivity contribution in [2.24, 2.45) is 0 Å². The molecular weight excluding hydrogens is 573 g/mol. The number of hydrogen-bond acceptors (Lipinski definition) is 10. The largest absolute Gasteiger partial charge is 0.382 e. The molecule has 43 heavy (non-hydrogen) atoms. The standard InChI is InChI=1S/C30H54N5O7P/c1-3-4-5-6-7-8-9-10-11-12-13-14-15-16-19-40-20-24(39-2)21-43(37,38)42-30(36)25-17-18-26(41-25)35-23-34-27-28(31)32-22-33-29(27)35/h22-26,30,36H,3-21H2,1-2H3,(H,37,38)(H2,31,32,33)/t24?,25-,26+,30?/m0/s1. The molecule has 13 heteroatoms. The third kappa shape index (κ3) is 12.7. The summed E-state index contributed by atoms with van der Waals surface area (Å²) in [6, 6.07) is 0. The molecule has 3 heterocycles. The van der Waals surface area contributed by atoms with E-state index in [1.807, 2.05) is 0 Å². The van der Waals surface area contributed by atoms with Crippen molar-refractivity contribution in [3.63, 3.8) is 0 Å². The van der Waals surface area contributed by atoms with Crippen LogP contribution in [-0.2, 0) is 23.3 Å². The van der Waals surface area contributed by atoms with Crippen LogP contribution in [0, 0.1) is 0 Å². The fraction of sp³-hybridized carbons (Fsp3) is 0.833. The Morgan fingerprint density at radius 1 is 1.00 bits per heavy atom. The summed E-state index contributed by atoms with van der Waals surface area (Å²) in [7, 11) is -2.72. The predicted molar refractivity (Wildman–Crippen MR) is 167 cm³/mol. The molecule has 0 saturated carbocycles. The number of nitrogens with zero attached hydrogens (tertiary/aromatic N) is 4. The van der Waals surface area contributed by atoms with Gasteiger partial charge >= 0.3 is 7.60 Å². The Bertz CT molecular complexity index is 1090. The molecule has 2 aromatic rings. The number of anilines is 1. The van der Waals surface area contributed by atoms with Gasteiger partial charge in [-0.3, -0.25) is 13.7 Å². The smallest absolute Gasteiger partial charge is 0.333 e. The van der Waals surface area contributed by atoms with Crippen LogP contribution in [0.15, 0.2) is 12.7 Å². The lowest BCUT2D eigenvalue weighted by Gasteiger charge is -2.24. The number of nitrogens with two attached hydrogens (primary N) is 1. The van der Waals surface area contributed by atoms with Gasteiger partial charge in [-0.25, -0.2) is 15.0 Å². The van der Waals surface area contributed by atoms with Gasteiger partial charge < -0.3 is 29.9 Å². The Labute approximate surface area is 256 Å². The SMILES string of the molecule is CCCCCCCCCCCCCCCCOCC(CP(=O)(O)OC(O)[C@@H]1CC[C@H](n2cnc3c(N)ncnc32)O1)OC. The lowest BCUT2D eigenvalue weighted by molar-refractivity contribution is -0.139. The van der Waals surface area contributed by atoms with Crippen LogP contribution in [0.3, 0.4) is 0 Å². The van der Waals surface area contributed by atoms with Gasteiger partial charge in [-0.1, -0.05) is 90.4 Å². The van der Waals surface area contributed by atoms with E-state index in [0.717, 1.165) is 12.8 Å². The van der Waals surface area contributed by atoms with Crippen LogP contribution in [-0.4, -0.2) is 74.5 Å². The summed E-state index contributed by atoms with van der Waals surface area (Å²) in [5, 5.41) is 10.5. The zero-order valence-corrected chi connectivity index (χ0v) is 27.0. The summed E-state index contributed by atoms with van der Waals surface area (Å²) in [5.41, 5.74) is 6.83. The van der Waals surface area contributed by atoms with Gasteiger partial charge in [0.05, 0.1) is 25.2 Å². The first-order valence-electron chi connectivity index (χ1n) is 16.2. The summed E-state index contributed by atoms with van der Waals surface area (Å²) in [5.74, 6) is 0.263. The second-order valence-electron chi connectivity index (χ2n) is 11.6. The maximum atomic E-state index is 12.8. The average Bonchev–Trinajstić information content (AvgIpc) is 3.64. The minimum atomic E-state index is -4.18. The van der Waals surface area contributed by atoms with Gasteiger partial charge in [-0.15, -0.1) is 0 Å². The zero-order valence-electron chi connectivity index (χ0n) is 26.1. The second-order valence-corrected chi connectivity index (χ2v) is 13.5. The quantitative estimate of drug-likeness (QED) is 0.0698. The molecule has 0 bridgehead atoms. The molecule has 4 N–H and O–H groups in total. The molecule has 0 radical (unpaired) electrons. The highest BCUT2D eigenvalue weighted by Crippen LogP contribution is 2.46. The normalized spacial score (nSPS) is 20.0. The van der Waals surface area contributed by atoms with E-state index in [0.29, 0.717) is 30.6 Å². The van der Waals surface area contributed by atoms with E-state index in [1.165, 1.54) is 90.5 Å². The Morgan fingerprint density at radius 2 is 1.63 bits per heavy atom.